The molecular weight excluding hydrogens is 350 g/mol. The van der Waals surface area contributed by atoms with Crippen LogP contribution in [-0.2, 0) is 19.1 Å². The highest BCUT2D eigenvalue weighted by molar-refractivity contribution is 5.98. The molecule has 27 heavy (non-hydrogen) atoms. The molecule has 2 rings (SSSR count). The SMILES string of the molecule is CCOC(=O)C(Oc1ccc(Oc2ccc(C#N)cc2)cc1)C(=O)OCC. The average Bonchev–Trinajstić information content (AvgIpc) is 2.68. The van der Waals surface area contributed by atoms with Gasteiger partial charge in [-0.1, -0.05) is 0 Å². The molecule has 0 N–H and O–H groups in total. The first-order valence-electron chi connectivity index (χ1n) is 8.35. The number of nitriles is 1. The monoisotopic (exact) mass is 369 g/mol. The maximum atomic E-state index is 11.9. The van der Waals surface area contributed by atoms with Crippen molar-refractivity contribution in [1.82, 2.24) is 0 Å². The predicted octanol–water partition coefficient (Wildman–Crippen LogP) is 3.22. The molecule has 0 atom stereocenters. The highest BCUT2D eigenvalue weighted by Crippen LogP contribution is 2.24. The van der Waals surface area contributed by atoms with E-state index in [-0.39, 0.29) is 19.0 Å². The number of benzene rings is 2. The van der Waals surface area contributed by atoms with E-state index in [9.17, 15) is 9.59 Å². The van der Waals surface area contributed by atoms with Crippen LogP contribution in [0, 0.1) is 11.3 Å². The van der Waals surface area contributed by atoms with Gasteiger partial charge in [-0.05, 0) is 62.4 Å². The van der Waals surface area contributed by atoms with Crippen molar-refractivity contribution in [2.75, 3.05) is 13.2 Å². The van der Waals surface area contributed by atoms with Crippen molar-refractivity contribution in [3.05, 3.63) is 54.1 Å². The van der Waals surface area contributed by atoms with E-state index >= 15 is 0 Å². The molecule has 7 heteroatoms. The van der Waals surface area contributed by atoms with Crippen LogP contribution >= 0.6 is 0 Å². The van der Waals surface area contributed by atoms with Crippen molar-refractivity contribution in [2.24, 2.45) is 0 Å². The quantitative estimate of drug-likeness (QED) is 0.521. The fraction of sp³-hybridized carbons (Fsp3) is 0.250. The van der Waals surface area contributed by atoms with Gasteiger partial charge in [-0.25, -0.2) is 9.59 Å². The minimum Gasteiger partial charge on any atom is -0.467 e. The van der Waals surface area contributed by atoms with Gasteiger partial charge in [-0.15, -0.1) is 0 Å². The molecule has 0 bridgehead atoms. The van der Waals surface area contributed by atoms with Crippen LogP contribution in [0.2, 0.25) is 0 Å². The van der Waals surface area contributed by atoms with E-state index in [1.165, 1.54) is 0 Å². The van der Waals surface area contributed by atoms with Crippen molar-refractivity contribution in [1.29, 1.82) is 5.26 Å². The summed E-state index contributed by atoms with van der Waals surface area (Å²) < 4.78 is 20.8. The molecule has 0 amide bonds. The summed E-state index contributed by atoms with van der Waals surface area (Å²) >= 11 is 0. The zero-order valence-corrected chi connectivity index (χ0v) is 15.0. The molecule has 0 spiro atoms. The Morgan fingerprint density at radius 3 is 1.74 bits per heavy atom. The minimum absolute atomic E-state index is 0.121. The lowest BCUT2D eigenvalue weighted by molar-refractivity contribution is -0.166. The van der Waals surface area contributed by atoms with E-state index in [0.29, 0.717) is 17.1 Å². The average molecular weight is 369 g/mol. The summed E-state index contributed by atoms with van der Waals surface area (Å²) in [5, 5.41) is 8.80. The molecule has 0 aliphatic carbocycles. The summed E-state index contributed by atoms with van der Waals surface area (Å²) in [4.78, 5) is 23.9. The molecule has 0 aliphatic heterocycles. The highest BCUT2D eigenvalue weighted by atomic mass is 16.6. The van der Waals surface area contributed by atoms with Gasteiger partial charge in [-0.3, -0.25) is 0 Å². The molecule has 0 saturated heterocycles. The molecule has 0 saturated carbocycles. The van der Waals surface area contributed by atoms with Crippen molar-refractivity contribution < 1.29 is 28.5 Å². The highest BCUT2D eigenvalue weighted by Gasteiger charge is 2.31. The van der Waals surface area contributed by atoms with E-state index in [2.05, 4.69) is 0 Å². The molecule has 0 aromatic heterocycles. The van der Waals surface area contributed by atoms with Crippen molar-refractivity contribution >= 4 is 11.9 Å². The molecule has 140 valence electrons. The molecule has 2 aromatic carbocycles. The molecule has 7 nitrogen and oxygen atoms in total. The van der Waals surface area contributed by atoms with E-state index in [1.807, 2.05) is 6.07 Å². The number of carbonyl (C=O) groups excluding carboxylic acids is 2. The molecule has 0 radical (unpaired) electrons. The molecule has 0 fully saturated rings. The van der Waals surface area contributed by atoms with Crippen LogP contribution < -0.4 is 9.47 Å². The Bertz CT molecular complexity index is 790. The van der Waals surface area contributed by atoms with Crippen molar-refractivity contribution in [3.8, 4) is 23.3 Å². The Kier molecular flexibility index (Phi) is 7.20. The Labute approximate surface area is 157 Å². The van der Waals surface area contributed by atoms with E-state index in [0.717, 1.165) is 0 Å². The van der Waals surface area contributed by atoms with Gasteiger partial charge in [0, 0.05) is 0 Å². The number of rotatable bonds is 8. The topological polar surface area (TPSA) is 94.9 Å². The van der Waals surface area contributed by atoms with Gasteiger partial charge in [0.15, 0.2) is 0 Å². The Hall–Kier alpha value is -3.53. The number of ether oxygens (including phenoxy) is 4. The second-order valence-corrected chi connectivity index (χ2v) is 5.21. The lowest BCUT2D eigenvalue weighted by atomic mass is 10.2. The number of esters is 2. The first-order chi connectivity index (χ1) is 13.1. The first-order valence-corrected chi connectivity index (χ1v) is 8.35. The van der Waals surface area contributed by atoms with Gasteiger partial charge in [0.05, 0.1) is 24.8 Å². The van der Waals surface area contributed by atoms with Crippen LogP contribution in [0.15, 0.2) is 48.5 Å². The zero-order valence-electron chi connectivity index (χ0n) is 15.0. The number of carbonyl (C=O) groups is 2. The van der Waals surface area contributed by atoms with Crippen LogP contribution in [0.3, 0.4) is 0 Å². The summed E-state index contributed by atoms with van der Waals surface area (Å²) in [6, 6.07) is 15.1. The normalized spacial score (nSPS) is 10.0. The zero-order chi connectivity index (χ0) is 19.6. The third kappa shape index (κ3) is 5.75. The fourth-order valence-corrected chi connectivity index (χ4v) is 2.08. The van der Waals surface area contributed by atoms with Gasteiger partial charge < -0.3 is 18.9 Å². The summed E-state index contributed by atoms with van der Waals surface area (Å²) in [7, 11) is 0. The van der Waals surface area contributed by atoms with Crippen molar-refractivity contribution in [2.45, 2.75) is 20.0 Å². The number of nitrogens with zero attached hydrogens (tertiary/aromatic N) is 1. The predicted molar refractivity (Wildman–Crippen MR) is 95.4 cm³/mol. The van der Waals surface area contributed by atoms with Gasteiger partial charge in [0.1, 0.15) is 17.2 Å². The lowest BCUT2D eigenvalue weighted by Gasteiger charge is -2.16. The van der Waals surface area contributed by atoms with Crippen LogP contribution in [0.25, 0.3) is 0 Å². The first kappa shape index (κ1) is 19.8. The number of hydrogen-bond donors (Lipinski definition) is 0. The summed E-state index contributed by atoms with van der Waals surface area (Å²) in [5.74, 6) is -0.245. The van der Waals surface area contributed by atoms with Gasteiger partial charge in [-0.2, -0.15) is 5.26 Å². The minimum atomic E-state index is -1.49. The molecule has 0 unspecified atom stereocenters. The van der Waals surface area contributed by atoms with Gasteiger partial charge in [0.25, 0.3) is 6.10 Å². The maximum Gasteiger partial charge on any atom is 0.359 e. The Balaban J connectivity index is 2.06. The number of hydrogen-bond acceptors (Lipinski definition) is 7. The lowest BCUT2D eigenvalue weighted by Crippen LogP contribution is -2.38. The second-order valence-electron chi connectivity index (χ2n) is 5.21. The fourth-order valence-electron chi connectivity index (χ4n) is 2.08. The third-order valence-electron chi connectivity index (χ3n) is 3.30. The second kappa shape index (κ2) is 9.82. The summed E-state index contributed by atoms with van der Waals surface area (Å²) in [5.41, 5.74) is 0.537. The largest absolute Gasteiger partial charge is 0.467 e. The molecular formula is C20H19NO6. The molecule has 0 heterocycles. The van der Waals surface area contributed by atoms with Crippen LogP contribution in [0.5, 0.6) is 17.2 Å². The Morgan fingerprint density at radius 1 is 0.852 bits per heavy atom. The van der Waals surface area contributed by atoms with Gasteiger partial charge in [0.2, 0.25) is 0 Å². The van der Waals surface area contributed by atoms with E-state index in [1.54, 1.807) is 62.4 Å². The Morgan fingerprint density at radius 2 is 1.30 bits per heavy atom. The molecule has 2 aromatic rings. The smallest absolute Gasteiger partial charge is 0.359 e. The van der Waals surface area contributed by atoms with E-state index in [4.69, 9.17) is 24.2 Å². The van der Waals surface area contributed by atoms with Crippen LogP contribution in [0.1, 0.15) is 19.4 Å². The van der Waals surface area contributed by atoms with Crippen LogP contribution in [0.4, 0.5) is 0 Å². The summed E-state index contributed by atoms with van der Waals surface area (Å²) in [6.07, 6.45) is -1.49. The standard InChI is InChI=1S/C20H19NO6/c1-3-24-19(22)18(20(23)25-4-2)27-17-11-9-16(10-12-17)26-15-7-5-14(13-21)6-8-15/h5-12,18H,3-4H2,1-2H3. The van der Waals surface area contributed by atoms with E-state index < -0.39 is 18.0 Å². The third-order valence-corrected chi connectivity index (χ3v) is 3.30. The summed E-state index contributed by atoms with van der Waals surface area (Å²) in [6.45, 7) is 3.51. The molecule has 0 aliphatic rings. The van der Waals surface area contributed by atoms with Gasteiger partial charge >= 0.3 is 11.9 Å². The van der Waals surface area contributed by atoms with Crippen LogP contribution in [-0.4, -0.2) is 31.3 Å². The maximum absolute atomic E-state index is 11.9. The van der Waals surface area contributed by atoms with Crippen molar-refractivity contribution in [3.63, 3.8) is 0 Å².